The van der Waals surface area contributed by atoms with E-state index in [9.17, 15) is 4.79 Å². The zero-order valence-electron chi connectivity index (χ0n) is 20.2. The molecule has 0 aliphatic heterocycles. The smallest absolute Gasteiger partial charge is 0.224 e. The van der Waals surface area contributed by atoms with Gasteiger partial charge in [0.2, 0.25) is 5.91 Å². The predicted molar refractivity (Wildman–Crippen MR) is 134 cm³/mol. The summed E-state index contributed by atoms with van der Waals surface area (Å²) in [5.74, 6) is 1.62. The van der Waals surface area contributed by atoms with Crippen LogP contribution in [0.25, 0.3) is 0 Å². The van der Waals surface area contributed by atoms with E-state index in [1.54, 1.807) is 14.2 Å². The first kappa shape index (κ1) is 24.4. The predicted octanol–water partition coefficient (Wildman–Crippen LogP) is 6.38. The molecule has 4 heteroatoms. The van der Waals surface area contributed by atoms with Gasteiger partial charge in [-0.3, -0.25) is 4.79 Å². The fourth-order valence-electron chi connectivity index (χ4n) is 4.33. The van der Waals surface area contributed by atoms with E-state index in [0.29, 0.717) is 19.5 Å². The van der Waals surface area contributed by atoms with E-state index in [0.717, 1.165) is 41.0 Å². The van der Waals surface area contributed by atoms with Crippen LogP contribution in [0.1, 0.15) is 49.8 Å². The summed E-state index contributed by atoms with van der Waals surface area (Å²) in [6, 6.07) is 26.3. The normalized spacial score (nSPS) is 12.6. The van der Waals surface area contributed by atoms with E-state index in [4.69, 9.17) is 9.47 Å². The van der Waals surface area contributed by atoms with Gasteiger partial charge in [0.1, 0.15) is 11.5 Å². The summed E-state index contributed by atoms with van der Waals surface area (Å²) in [5.41, 5.74) is 2.98. The molecule has 0 unspecified atom stereocenters. The summed E-state index contributed by atoms with van der Waals surface area (Å²) >= 11 is 0. The molecule has 0 aliphatic carbocycles. The lowest BCUT2D eigenvalue weighted by Crippen LogP contribution is -2.36. The fraction of sp³-hybridized carbons (Fsp3) is 0.345. The molecular weight excluding hydrogens is 410 g/mol. The molecule has 0 aliphatic rings. The molecule has 0 saturated heterocycles. The highest BCUT2D eigenvalue weighted by atomic mass is 16.5. The molecule has 33 heavy (non-hydrogen) atoms. The Bertz CT molecular complexity index is 956. The molecule has 3 rings (SSSR count). The number of nitrogens with zero attached hydrogens (tertiary/aromatic N) is 1. The van der Waals surface area contributed by atoms with Crippen LogP contribution < -0.4 is 9.47 Å². The molecule has 0 radical (unpaired) electrons. The van der Waals surface area contributed by atoms with Gasteiger partial charge in [0.25, 0.3) is 0 Å². The van der Waals surface area contributed by atoms with Gasteiger partial charge in [-0.15, -0.1) is 0 Å². The van der Waals surface area contributed by atoms with Gasteiger partial charge in [-0.05, 0) is 35.2 Å². The van der Waals surface area contributed by atoms with Gasteiger partial charge < -0.3 is 14.4 Å². The number of carbonyl (C=O) groups is 1. The van der Waals surface area contributed by atoms with Crippen molar-refractivity contribution in [3.05, 3.63) is 95.6 Å². The molecule has 1 atom stereocenters. The molecule has 3 aromatic rings. The average molecular weight is 446 g/mol. The lowest BCUT2D eigenvalue weighted by molar-refractivity contribution is -0.133. The van der Waals surface area contributed by atoms with Crippen LogP contribution in [0.15, 0.2) is 78.9 Å². The third-order valence-corrected chi connectivity index (χ3v) is 6.18. The van der Waals surface area contributed by atoms with Gasteiger partial charge >= 0.3 is 0 Å². The summed E-state index contributed by atoms with van der Waals surface area (Å²) in [7, 11) is 3.31. The van der Waals surface area contributed by atoms with Crippen LogP contribution in [0.5, 0.6) is 11.5 Å². The fourth-order valence-corrected chi connectivity index (χ4v) is 4.33. The van der Waals surface area contributed by atoms with Crippen LogP contribution in [0, 0.1) is 0 Å². The lowest BCUT2D eigenvalue weighted by atomic mass is 9.75. The summed E-state index contributed by atoms with van der Waals surface area (Å²) in [6.07, 6.45) is 2.27. The molecule has 0 spiro atoms. The van der Waals surface area contributed by atoms with Crippen molar-refractivity contribution < 1.29 is 14.3 Å². The third kappa shape index (κ3) is 6.61. The van der Waals surface area contributed by atoms with Gasteiger partial charge in [-0.1, -0.05) is 80.9 Å². The van der Waals surface area contributed by atoms with Gasteiger partial charge in [-0.25, -0.2) is 0 Å². The van der Waals surface area contributed by atoms with Crippen molar-refractivity contribution in [2.24, 2.45) is 0 Å². The molecule has 0 bridgehead atoms. The van der Waals surface area contributed by atoms with Crippen LogP contribution in [0.2, 0.25) is 0 Å². The Morgan fingerprint density at radius 2 is 1.30 bits per heavy atom. The largest absolute Gasteiger partial charge is 0.497 e. The molecule has 174 valence electrons. The van der Waals surface area contributed by atoms with Crippen LogP contribution in [0.4, 0.5) is 0 Å². The van der Waals surface area contributed by atoms with E-state index < -0.39 is 0 Å². The zero-order chi connectivity index (χ0) is 23.7. The Morgan fingerprint density at radius 1 is 0.818 bits per heavy atom. The Balaban J connectivity index is 1.91. The molecule has 0 aromatic heterocycles. The van der Waals surface area contributed by atoms with Crippen molar-refractivity contribution in [3.63, 3.8) is 0 Å². The minimum absolute atomic E-state index is 0.139. The Morgan fingerprint density at radius 3 is 1.73 bits per heavy atom. The third-order valence-electron chi connectivity index (χ3n) is 6.18. The number of amides is 1. The Kier molecular flexibility index (Phi) is 8.53. The van der Waals surface area contributed by atoms with Crippen molar-refractivity contribution >= 4 is 5.91 Å². The minimum atomic E-state index is -0.334. The first-order chi connectivity index (χ1) is 16.0. The summed E-state index contributed by atoms with van der Waals surface area (Å²) < 4.78 is 11.0. The van der Waals surface area contributed by atoms with Crippen LogP contribution in [-0.4, -0.2) is 25.0 Å². The maximum atomic E-state index is 13.8. The van der Waals surface area contributed by atoms with Crippen molar-refractivity contribution in [2.45, 2.75) is 51.6 Å². The first-order valence-electron chi connectivity index (χ1n) is 11.6. The van der Waals surface area contributed by atoms with E-state index in [2.05, 4.69) is 38.1 Å². The lowest BCUT2D eigenvalue weighted by Gasteiger charge is -2.33. The first-order valence-corrected chi connectivity index (χ1v) is 11.6. The Labute approximate surface area is 198 Å². The van der Waals surface area contributed by atoms with Gasteiger partial charge in [0, 0.05) is 31.0 Å². The van der Waals surface area contributed by atoms with E-state index in [1.807, 2.05) is 59.5 Å². The second-order valence-electron chi connectivity index (χ2n) is 8.81. The van der Waals surface area contributed by atoms with Gasteiger partial charge in [0.05, 0.1) is 14.2 Å². The molecule has 3 aromatic carbocycles. The Hall–Kier alpha value is -3.27. The molecule has 1 amide bonds. The second kappa shape index (κ2) is 11.6. The molecule has 0 fully saturated rings. The highest BCUT2D eigenvalue weighted by molar-refractivity contribution is 5.78. The van der Waals surface area contributed by atoms with Crippen LogP contribution >= 0.6 is 0 Å². The van der Waals surface area contributed by atoms with Gasteiger partial charge in [-0.2, -0.15) is 0 Å². The maximum absolute atomic E-state index is 13.8. The van der Waals surface area contributed by atoms with E-state index >= 15 is 0 Å². The summed E-state index contributed by atoms with van der Waals surface area (Å²) in [5, 5.41) is 0. The second-order valence-corrected chi connectivity index (χ2v) is 8.81. The summed E-state index contributed by atoms with van der Waals surface area (Å²) in [6.45, 7) is 5.49. The number of benzene rings is 3. The molecule has 0 saturated carbocycles. The zero-order valence-corrected chi connectivity index (χ0v) is 20.2. The average Bonchev–Trinajstić information content (AvgIpc) is 2.84. The standard InChI is InChI=1S/C29H35NO3/c1-5-16-29(2,25-17-26(32-3)19-27(18-25)33-4)20-28(31)30(21-23-12-8-6-9-13-23)22-24-14-10-7-11-15-24/h6-15,17-19H,5,16,20-22H2,1-4H3/t29-/m1/s1. The maximum Gasteiger partial charge on any atom is 0.224 e. The highest BCUT2D eigenvalue weighted by Crippen LogP contribution is 2.38. The van der Waals surface area contributed by atoms with Crippen molar-refractivity contribution in [1.82, 2.24) is 4.90 Å². The van der Waals surface area contributed by atoms with Crippen LogP contribution in [-0.2, 0) is 23.3 Å². The molecule has 0 heterocycles. The van der Waals surface area contributed by atoms with Gasteiger partial charge in [0.15, 0.2) is 0 Å². The quantitative estimate of drug-likeness (QED) is 0.344. The van der Waals surface area contributed by atoms with E-state index in [-0.39, 0.29) is 11.3 Å². The summed E-state index contributed by atoms with van der Waals surface area (Å²) in [4.78, 5) is 15.8. The van der Waals surface area contributed by atoms with Crippen molar-refractivity contribution in [3.8, 4) is 11.5 Å². The molecule has 0 N–H and O–H groups in total. The number of ether oxygens (including phenoxy) is 2. The number of hydrogen-bond donors (Lipinski definition) is 0. The monoisotopic (exact) mass is 445 g/mol. The molecule has 4 nitrogen and oxygen atoms in total. The highest BCUT2D eigenvalue weighted by Gasteiger charge is 2.32. The van der Waals surface area contributed by atoms with E-state index in [1.165, 1.54) is 0 Å². The van der Waals surface area contributed by atoms with Crippen molar-refractivity contribution in [1.29, 1.82) is 0 Å². The van der Waals surface area contributed by atoms with Crippen LogP contribution in [0.3, 0.4) is 0 Å². The molecular formula is C29H35NO3. The number of hydrogen-bond acceptors (Lipinski definition) is 3. The number of rotatable bonds is 11. The topological polar surface area (TPSA) is 38.8 Å². The number of methoxy groups -OCH3 is 2. The minimum Gasteiger partial charge on any atom is -0.497 e. The SMILES string of the molecule is CCC[C@](C)(CC(=O)N(Cc1ccccc1)Cc1ccccc1)c1cc(OC)cc(OC)c1. The number of carbonyl (C=O) groups excluding carboxylic acids is 1. The van der Waals surface area contributed by atoms with Crippen molar-refractivity contribution in [2.75, 3.05) is 14.2 Å².